The summed E-state index contributed by atoms with van der Waals surface area (Å²) in [6.07, 6.45) is 78.8. The van der Waals surface area contributed by atoms with Gasteiger partial charge in [-0.2, -0.15) is 0 Å². The van der Waals surface area contributed by atoms with Gasteiger partial charge in [0.15, 0.2) is 6.29 Å². The highest BCUT2D eigenvalue weighted by Crippen LogP contribution is 2.24. The Morgan fingerprint density at radius 3 is 0.964 bits per heavy atom. The van der Waals surface area contributed by atoms with Crippen LogP contribution in [0.3, 0.4) is 0 Å². The second-order valence-corrected chi connectivity index (χ2v) is 26.4. The largest absolute Gasteiger partial charge is 0.394 e. The maximum absolute atomic E-state index is 13.1. The van der Waals surface area contributed by atoms with E-state index in [9.17, 15) is 30.3 Å². The molecular weight excluding hydrogens is 1040 g/mol. The molecule has 1 aliphatic rings. The van der Waals surface area contributed by atoms with Crippen LogP contribution in [0.15, 0.2) is 24.3 Å². The fourth-order valence-corrected chi connectivity index (χ4v) is 12.4. The first-order chi connectivity index (χ1) is 41.3. The Labute approximate surface area is 521 Å². The van der Waals surface area contributed by atoms with Crippen molar-refractivity contribution in [2.45, 2.75) is 436 Å². The van der Waals surface area contributed by atoms with Gasteiger partial charge in [-0.3, -0.25) is 4.79 Å². The monoisotopic (exact) mass is 1190 g/mol. The first-order valence-corrected chi connectivity index (χ1v) is 37.6. The van der Waals surface area contributed by atoms with Crippen molar-refractivity contribution < 1.29 is 39.8 Å². The summed E-state index contributed by atoms with van der Waals surface area (Å²) in [6.45, 7) is 3.85. The Kier molecular flexibility index (Phi) is 62.1. The number of carbonyl (C=O) groups is 1. The Balaban J connectivity index is 2.07. The molecule has 1 aliphatic heterocycles. The van der Waals surface area contributed by atoms with Crippen molar-refractivity contribution in [3.63, 3.8) is 0 Å². The zero-order valence-corrected chi connectivity index (χ0v) is 55.9. The fourth-order valence-electron chi connectivity index (χ4n) is 12.4. The van der Waals surface area contributed by atoms with Crippen LogP contribution in [0.5, 0.6) is 0 Å². The lowest BCUT2D eigenvalue weighted by Gasteiger charge is -2.40. The average molecular weight is 1190 g/mol. The van der Waals surface area contributed by atoms with E-state index in [1.54, 1.807) is 6.08 Å². The van der Waals surface area contributed by atoms with E-state index >= 15 is 0 Å². The maximum Gasteiger partial charge on any atom is 0.220 e. The number of hydrogen-bond acceptors (Lipinski definition) is 8. The summed E-state index contributed by atoms with van der Waals surface area (Å²) in [5.41, 5.74) is 0. The zero-order chi connectivity index (χ0) is 60.7. The van der Waals surface area contributed by atoms with Gasteiger partial charge in [0.05, 0.1) is 25.4 Å². The van der Waals surface area contributed by atoms with Gasteiger partial charge in [-0.25, -0.2) is 0 Å². The van der Waals surface area contributed by atoms with E-state index in [-0.39, 0.29) is 12.5 Å². The molecular formula is C75H145NO8. The molecule has 1 saturated heterocycles. The van der Waals surface area contributed by atoms with Crippen molar-refractivity contribution in [3.8, 4) is 0 Å². The van der Waals surface area contributed by atoms with Gasteiger partial charge in [-0.1, -0.05) is 366 Å². The highest BCUT2D eigenvalue weighted by atomic mass is 16.7. The summed E-state index contributed by atoms with van der Waals surface area (Å²) < 4.78 is 11.3. The molecule has 84 heavy (non-hydrogen) atoms. The number of amides is 1. The summed E-state index contributed by atoms with van der Waals surface area (Å²) in [6, 6.07) is -0.804. The number of aliphatic hydroxyl groups excluding tert-OH is 5. The smallest absolute Gasteiger partial charge is 0.220 e. The molecule has 6 N–H and O–H groups in total. The highest BCUT2D eigenvalue weighted by molar-refractivity contribution is 5.76. The van der Waals surface area contributed by atoms with Crippen LogP contribution >= 0.6 is 0 Å². The Morgan fingerprint density at radius 1 is 0.393 bits per heavy atom. The third kappa shape index (κ3) is 52.6. The summed E-state index contributed by atoms with van der Waals surface area (Å²) in [5, 5.41) is 54.8. The van der Waals surface area contributed by atoms with E-state index in [1.807, 2.05) is 6.08 Å². The molecule has 1 rings (SSSR count). The second kappa shape index (κ2) is 64.6. The summed E-state index contributed by atoms with van der Waals surface area (Å²) in [7, 11) is 0. The average Bonchev–Trinajstić information content (AvgIpc) is 3.70. The normalized spacial score (nSPS) is 18.2. The van der Waals surface area contributed by atoms with Crippen LogP contribution in [-0.2, 0) is 14.3 Å². The van der Waals surface area contributed by atoms with E-state index < -0.39 is 49.5 Å². The van der Waals surface area contributed by atoms with Crippen LogP contribution in [0.1, 0.15) is 393 Å². The van der Waals surface area contributed by atoms with Crippen molar-refractivity contribution in [3.05, 3.63) is 24.3 Å². The number of ether oxygens (including phenoxy) is 2. The molecule has 0 aromatic heterocycles. The molecule has 0 spiro atoms. The van der Waals surface area contributed by atoms with E-state index in [0.717, 1.165) is 38.5 Å². The lowest BCUT2D eigenvalue weighted by molar-refractivity contribution is -0.302. The number of allylic oxidation sites excluding steroid dienone is 3. The number of nitrogens with one attached hydrogen (secondary N) is 1. The quantitative estimate of drug-likeness (QED) is 0.0261. The van der Waals surface area contributed by atoms with Gasteiger partial charge in [0.25, 0.3) is 0 Å². The van der Waals surface area contributed by atoms with Crippen LogP contribution < -0.4 is 5.32 Å². The standard InChI is InChI=1S/C75H145NO8/c1-3-5-7-9-11-13-15-17-19-21-23-25-27-29-30-31-32-33-34-35-36-37-38-39-40-41-43-45-47-49-51-53-55-57-59-61-63-65-71(79)76-68(67-83-75-74(82)73(81)72(80)70(66-77)84-75)69(78)64-62-60-58-56-54-52-50-48-46-44-42-28-26-24-22-20-18-16-14-12-10-8-6-4-2/h33-34,62,64,68-70,72-75,77-78,80-82H,3-32,35-61,63,65-67H2,1-2H3,(H,76,79)/b34-33-,64-62+. The molecule has 1 heterocycles. The van der Waals surface area contributed by atoms with Crippen LogP contribution in [0.4, 0.5) is 0 Å². The number of unbranched alkanes of at least 4 members (excludes halogenated alkanes) is 55. The Hall–Kier alpha value is -1.33. The van der Waals surface area contributed by atoms with Crippen molar-refractivity contribution in [2.75, 3.05) is 13.2 Å². The first-order valence-electron chi connectivity index (χ1n) is 37.6. The van der Waals surface area contributed by atoms with Crippen LogP contribution in [0, 0.1) is 0 Å². The SMILES string of the molecule is CCCCCCCCCCCCCCCCCC/C=C\CCCCCCCCCCCCCCCCCCCC(=O)NC(COC1OC(CO)C(O)C(O)C1O)C(O)/C=C/CCCCCCCCCCCCCCCCCCCCCCCC. The van der Waals surface area contributed by atoms with Gasteiger partial charge >= 0.3 is 0 Å². The lowest BCUT2D eigenvalue weighted by Crippen LogP contribution is -2.60. The van der Waals surface area contributed by atoms with Gasteiger partial charge in [0.1, 0.15) is 24.4 Å². The Morgan fingerprint density at radius 2 is 0.667 bits per heavy atom. The molecule has 0 aromatic carbocycles. The molecule has 0 aromatic rings. The van der Waals surface area contributed by atoms with Crippen LogP contribution in [0.2, 0.25) is 0 Å². The van der Waals surface area contributed by atoms with E-state index in [2.05, 4.69) is 31.3 Å². The fraction of sp³-hybridized carbons (Fsp3) is 0.933. The van der Waals surface area contributed by atoms with E-state index in [1.165, 1.54) is 334 Å². The van der Waals surface area contributed by atoms with Gasteiger partial charge < -0.3 is 40.3 Å². The molecule has 498 valence electrons. The van der Waals surface area contributed by atoms with Crippen molar-refractivity contribution in [1.82, 2.24) is 5.32 Å². The van der Waals surface area contributed by atoms with E-state index in [0.29, 0.717) is 6.42 Å². The van der Waals surface area contributed by atoms with Crippen molar-refractivity contribution in [1.29, 1.82) is 0 Å². The molecule has 7 unspecified atom stereocenters. The van der Waals surface area contributed by atoms with Crippen molar-refractivity contribution >= 4 is 5.91 Å². The third-order valence-electron chi connectivity index (χ3n) is 18.3. The molecule has 0 saturated carbocycles. The maximum atomic E-state index is 13.1. The number of aliphatic hydroxyl groups is 5. The van der Waals surface area contributed by atoms with Gasteiger partial charge in [-0.05, 0) is 44.9 Å². The first kappa shape index (κ1) is 80.7. The molecule has 1 amide bonds. The van der Waals surface area contributed by atoms with Crippen LogP contribution in [0.25, 0.3) is 0 Å². The number of rotatable bonds is 67. The summed E-state index contributed by atoms with van der Waals surface area (Å²) in [5.74, 6) is -0.168. The minimum Gasteiger partial charge on any atom is -0.394 e. The second-order valence-electron chi connectivity index (χ2n) is 26.4. The minimum atomic E-state index is -1.57. The molecule has 7 atom stereocenters. The zero-order valence-electron chi connectivity index (χ0n) is 55.9. The van der Waals surface area contributed by atoms with Gasteiger partial charge in [0, 0.05) is 6.42 Å². The molecule has 1 fully saturated rings. The highest BCUT2D eigenvalue weighted by Gasteiger charge is 2.44. The predicted molar refractivity (Wildman–Crippen MR) is 360 cm³/mol. The molecule has 9 heteroatoms. The lowest BCUT2D eigenvalue weighted by atomic mass is 9.99. The molecule has 0 bridgehead atoms. The summed E-state index contributed by atoms with van der Waals surface area (Å²) >= 11 is 0. The van der Waals surface area contributed by atoms with Crippen molar-refractivity contribution in [2.24, 2.45) is 0 Å². The molecule has 0 aliphatic carbocycles. The molecule has 9 nitrogen and oxygen atoms in total. The van der Waals surface area contributed by atoms with E-state index in [4.69, 9.17) is 9.47 Å². The molecule has 0 radical (unpaired) electrons. The topological polar surface area (TPSA) is 149 Å². The summed E-state index contributed by atoms with van der Waals surface area (Å²) in [4.78, 5) is 13.1. The van der Waals surface area contributed by atoms with Crippen LogP contribution in [-0.4, -0.2) is 87.5 Å². The van der Waals surface area contributed by atoms with Gasteiger partial charge in [0.2, 0.25) is 5.91 Å². The number of carbonyl (C=O) groups excluding carboxylic acids is 1. The Bertz CT molecular complexity index is 1380. The third-order valence-corrected chi connectivity index (χ3v) is 18.3. The number of hydrogen-bond donors (Lipinski definition) is 6. The predicted octanol–water partition coefficient (Wildman–Crippen LogP) is 20.8. The van der Waals surface area contributed by atoms with Gasteiger partial charge in [-0.15, -0.1) is 0 Å². The minimum absolute atomic E-state index is 0.168.